The van der Waals surface area contributed by atoms with Crippen molar-refractivity contribution in [3.63, 3.8) is 0 Å². The fraction of sp³-hybridized carbons (Fsp3) is 0.400. The van der Waals surface area contributed by atoms with Crippen molar-refractivity contribution in [3.05, 3.63) is 53.9 Å². The Morgan fingerprint density at radius 1 is 1.16 bits per heavy atom. The van der Waals surface area contributed by atoms with E-state index in [4.69, 9.17) is 4.74 Å². The molecule has 0 unspecified atom stereocenters. The maximum atomic E-state index is 13.4. The minimum atomic E-state index is -4.53. The SMILES string of the molecule is Cc1ccc(-n2nccn2)c(C(=O)N2CCC[C@@H](Oc3ncc(C(F)(F)F)cn3)[C@@H]2C)n1. The third-order valence-electron chi connectivity index (χ3n) is 5.24. The number of pyridine rings is 1. The van der Waals surface area contributed by atoms with Crippen molar-refractivity contribution in [1.29, 1.82) is 0 Å². The van der Waals surface area contributed by atoms with Gasteiger partial charge in [-0.05, 0) is 38.8 Å². The van der Waals surface area contributed by atoms with Crippen LogP contribution in [-0.2, 0) is 6.18 Å². The van der Waals surface area contributed by atoms with Gasteiger partial charge in [0, 0.05) is 24.6 Å². The zero-order chi connectivity index (χ0) is 22.9. The van der Waals surface area contributed by atoms with Gasteiger partial charge in [-0.15, -0.1) is 4.80 Å². The standard InChI is InChI=1S/C20H20F3N7O2/c1-12-5-6-15(30-26-7-8-27-30)17(28-12)18(31)29-9-3-4-16(13(29)2)32-19-24-10-14(11-25-19)20(21,22)23/h5-8,10-11,13,16H,3-4,9H2,1-2H3/t13-,16+/m0/s1. The summed E-state index contributed by atoms with van der Waals surface area (Å²) in [6, 6.07) is 2.94. The van der Waals surface area contributed by atoms with Gasteiger partial charge in [0.1, 0.15) is 11.8 Å². The predicted octanol–water partition coefficient (Wildman–Crippen LogP) is 2.85. The van der Waals surface area contributed by atoms with E-state index in [1.807, 2.05) is 6.92 Å². The van der Waals surface area contributed by atoms with Gasteiger partial charge in [-0.2, -0.15) is 23.4 Å². The number of amides is 1. The summed E-state index contributed by atoms with van der Waals surface area (Å²) in [6.45, 7) is 4.08. The predicted molar refractivity (Wildman–Crippen MR) is 105 cm³/mol. The van der Waals surface area contributed by atoms with Crippen LogP contribution in [0.4, 0.5) is 13.2 Å². The molecule has 2 atom stereocenters. The lowest BCUT2D eigenvalue weighted by Gasteiger charge is -2.38. The molecule has 4 rings (SSSR count). The number of hydrogen-bond donors (Lipinski definition) is 0. The molecule has 0 bridgehead atoms. The van der Waals surface area contributed by atoms with Crippen molar-refractivity contribution < 1.29 is 22.7 Å². The van der Waals surface area contributed by atoms with Crippen LogP contribution in [0.3, 0.4) is 0 Å². The highest BCUT2D eigenvalue weighted by molar-refractivity contribution is 5.96. The van der Waals surface area contributed by atoms with Crippen LogP contribution in [0, 0.1) is 6.92 Å². The minimum Gasteiger partial charge on any atom is -0.458 e. The fourth-order valence-electron chi connectivity index (χ4n) is 3.56. The van der Waals surface area contributed by atoms with Crippen molar-refractivity contribution in [1.82, 2.24) is 34.8 Å². The first-order valence-electron chi connectivity index (χ1n) is 9.95. The molecule has 1 aliphatic heterocycles. The van der Waals surface area contributed by atoms with Gasteiger partial charge in [0.15, 0.2) is 5.69 Å². The van der Waals surface area contributed by atoms with Crippen molar-refractivity contribution in [2.24, 2.45) is 0 Å². The Bertz CT molecular complexity index is 1090. The van der Waals surface area contributed by atoms with E-state index in [-0.39, 0.29) is 23.7 Å². The Balaban J connectivity index is 1.54. The van der Waals surface area contributed by atoms with Crippen LogP contribution in [0.25, 0.3) is 5.69 Å². The number of halogens is 3. The Kier molecular flexibility index (Phi) is 5.76. The van der Waals surface area contributed by atoms with E-state index in [1.54, 1.807) is 24.0 Å². The van der Waals surface area contributed by atoms with Crippen LogP contribution in [0.5, 0.6) is 6.01 Å². The molecule has 0 aliphatic carbocycles. The first kappa shape index (κ1) is 21.7. The zero-order valence-corrected chi connectivity index (χ0v) is 17.3. The summed E-state index contributed by atoms with van der Waals surface area (Å²) < 4.78 is 43.9. The molecule has 1 saturated heterocycles. The smallest absolute Gasteiger partial charge is 0.419 e. The van der Waals surface area contributed by atoms with Crippen molar-refractivity contribution in [3.8, 4) is 11.7 Å². The van der Waals surface area contributed by atoms with Crippen LogP contribution < -0.4 is 4.74 Å². The topological polar surface area (TPSA) is 98.9 Å². The van der Waals surface area contributed by atoms with E-state index >= 15 is 0 Å². The number of alkyl halides is 3. The van der Waals surface area contributed by atoms with Gasteiger partial charge >= 0.3 is 12.2 Å². The number of rotatable bonds is 4. The van der Waals surface area contributed by atoms with Crippen LogP contribution in [-0.4, -0.2) is 59.4 Å². The number of carbonyl (C=O) groups excluding carboxylic acids is 1. The Labute approximate surface area is 181 Å². The number of carbonyl (C=O) groups is 1. The summed E-state index contributed by atoms with van der Waals surface area (Å²) in [5.41, 5.74) is 0.370. The highest BCUT2D eigenvalue weighted by Crippen LogP contribution is 2.29. The molecule has 168 valence electrons. The largest absolute Gasteiger partial charge is 0.458 e. The second-order valence-corrected chi connectivity index (χ2v) is 7.43. The molecule has 3 aromatic heterocycles. The monoisotopic (exact) mass is 447 g/mol. The van der Waals surface area contributed by atoms with Gasteiger partial charge in [0.25, 0.3) is 5.91 Å². The van der Waals surface area contributed by atoms with E-state index in [9.17, 15) is 18.0 Å². The highest BCUT2D eigenvalue weighted by atomic mass is 19.4. The number of likely N-dealkylation sites (tertiary alicyclic amines) is 1. The molecule has 0 saturated carbocycles. The van der Waals surface area contributed by atoms with E-state index < -0.39 is 17.8 Å². The molecule has 1 amide bonds. The third-order valence-corrected chi connectivity index (χ3v) is 5.24. The van der Waals surface area contributed by atoms with Crippen LogP contribution in [0.2, 0.25) is 0 Å². The molecule has 32 heavy (non-hydrogen) atoms. The molecule has 0 N–H and O–H groups in total. The molecule has 0 spiro atoms. The molecular weight excluding hydrogens is 427 g/mol. The zero-order valence-electron chi connectivity index (χ0n) is 17.3. The van der Waals surface area contributed by atoms with Crippen molar-refractivity contribution in [2.75, 3.05) is 6.54 Å². The molecular formula is C20H20F3N7O2. The molecule has 4 heterocycles. The van der Waals surface area contributed by atoms with Gasteiger partial charge < -0.3 is 9.64 Å². The Hall–Kier alpha value is -3.57. The maximum Gasteiger partial charge on any atom is 0.419 e. The molecule has 0 radical (unpaired) electrons. The van der Waals surface area contributed by atoms with Gasteiger partial charge in [-0.3, -0.25) is 4.79 Å². The number of hydrogen-bond acceptors (Lipinski definition) is 7. The summed E-state index contributed by atoms with van der Waals surface area (Å²) in [7, 11) is 0. The molecule has 1 fully saturated rings. The van der Waals surface area contributed by atoms with Gasteiger partial charge in [-0.1, -0.05) is 0 Å². The van der Waals surface area contributed by atoms with E-state index in [2.05, 4.69) is 25.1 Å². The quantitative estimate of drug-likeness (QED) is 0.606. The van der Waals surface area contributed by atoms with Gasteiger partial charge in [-0.25, -0.2) is 15.0 Å². The van der Waals surface area contributed by atoms with Crippen molar-refractivity contribution in [2.45, 2.75) is 45.0 Å². The summed E-state index contributed by atoms with van der Waals surface area (Å²) in [4.78, 5) is 28.1. The average Bonchev–Trinajstić information content (AvgIpc) is 3.29. The second kappa shape index (κ2) is 8.52. The number of aryl methyl sites for hydroxylation is 1. The lowest BCUT2D eigenvalue weighted by molar-refractivity contribution is -0.138. The van der Waals surface area contributed by atoms with E-state index in [0.717, 1.165) is 0 Å². The van der Waals surface area contributed by atoms with Gasteiger partial charge in [0.05, 0.1) is 24.0 Å². The third kappa shape index (κ3) is 4.39. The molecule has 0 aromatic carbocycles. The van der Waals surface area contributed by atoms with E-state index in [1.165, 1.54) is 17.2 Å². The second-order valence-electron chi connectivity index (χ2n) is 7.43. The summed E-state index contributed by atoms with van der Waals surface area (Å²) in [5.74, 6) is -0.310. The first-order valence-corrected chi connectivity index (χ1v) is 9.95. The molecule has 12 heteroatoms. The summed E-state index contributed by atoms with van der Waals surface area (Å²) in [6.07, 6.45) is 0.601. The lowest BCUT2D eigenvalue weighted by atomic mass is 9.99. The average molecular weight is 447 g/mol. The Morgan fingerprint density at radius 2 is 1.84 bits per heavy atom. The number of piperidine rings is 1. The lowest BCUT2D eigenvalue weighted by Crippen LogP contribution is -2.51. The van der Waals surface area contributed by atoms with Crippen LogP contribution in [0.1, 0.15) is 41.5 Å². The molecule has 3 aromatic rings. The minimum absolute atomic E-state index is 0.167. The number of ether oxygens (including phenoxy) is 1. The van der Waals surface area contributed by atoms with E-state index in [0.29, 0.717) is 43.2 Å². The highest BCUT2D eigenvalue weighted by Gasteiger charge is 2.36. The van der Waals surface area contributed by atoms with Crippen LogP contribution >= 0.6 is 0 Å². The number of aromatic nitrogens is 6. The Morgan fingerprint density at radius 3 is 2.50 bits per heavy atom. The first-order chi connectivity index (χ1) is 15.2. The van der Waals surface area contributed by atoms with Crippen LogP contribution in [0.15, 0.2) is 36.9 Å². The normalized spacial score (nSPS) is 19.1. The molecule has 9 nitrogen and oxygen atoms in total. The summed E-state index contributed by atoms with van der Waals surface area (Å²) in [5, 5.41) is 8.18. The maximum absolute atomic E-state index is 13.4. The van der Waals surface area contributed by atoms with Gasteiger partial charge in [0.2, 0.25) is 0 Å². The number of nitrogens with zero attached hydrogens (tertiary/aromatic N) is 7. The van der Waals surface area contributed by atoms with Crippen molar-refractivity contribution >= 4 is 5.91 Å². The summed E-state index contributed by atoms with van der Waals surface area (Å²) >= 11 is 0. The molecule has 1 aliphatic rings. The fourth-order valence-corrected chi connectivity index (χ4v) is 3.56.